The Bertz CT molecular complexity index is 1110. The first-order chi connectivity index (χ1) is 14.4. The molecule has 30 heavy (non-hydrogen) atoms. The van der Waals surface area contributed by atoms with E-state index in [2.05, 4.69) is 4.40 Å². The van der Waals surface area contributed by atoms with Gasteiger partial charge in [-0.05, 0) is 30.2 Å². The van der Waals surface area contributed by atoms with E-state index in [0.29, 0.717) is 23.4 Å². The predicted molar refractivity (Wildman–Crippen MR) is 113 cm³/mol. The van der Waals surface area contributed by atoms with Gasteiger partial charge in [0.2, 0.25) is 5.79 Å². The van der Waals surface area contributed by atoms with E-state index in [4.69, 9.17) is 4.74 Å². The first-order valence-corrected chi connectivity index (χ1v) is 11.3. The summed E-state index contributed by atoms with van der Waals surface area (Å²) >= 11 is 0. The van der Waals surface area contributed by atoms with Crippen LogP contribution in [-0.4, -0.2) is 55.5 Å². The highest BCUT2D eigenvalue weighted by atomic mass is 32.2. The number of allylic oxidation sites excluding steroid dienone is 1. The van der Waals surface area contributed by atoms with Crippen LogP contribution < -0.4 is 0 Å². The molecule has 0 unspecified atom stereocenters. The molecule has 2 aromatic rings. The maximum Gasteiger partial charge on any atom is 0.282 e. The van der Waals surface area contributed by atoms with Gasteiger partial charge in [0.15, 0.2) is 0 Å². The van der Waals surface area contributed by atoms with Crippen LogP contribution in [0.15, 0.2) is 69.6 Å². The fraction of sp³-hybridized carbons (Fsp3) is 0.318. The third-order valence-electron chi connectivity index (χ3n) is 5.42. The second-order valence-electron chi connectivity index (χ2n) is 7.23. The molecule has 158 valence electrons. The first kappa shape index (κ1) is 20.7. The number of rotatable bonds is 5. The summed E-state index contributed by atoms with van der Waals surface area (Å²) in [6.07, 6.45) is 2.35. The number of fused-ring (bicyclic) bond motifs is 3. The number of aliphatic hydroxyl groups is 2. The third-order valence-corrected chi connectivity index (χ3v) is 6.72. The zero-order chi connectivity index (χ0) is 21.4. The molecule has 0 saturated carbocycles. The Labute approximate surface area is 176 Å². The molecule has 1 aliphatic carbocycles. The Kier molecular flexibility index (Phi) is 5.50. The van der Waals surface area contributed by atoms with Crippen LogP contribution in [0.25, 0.3) is 0 Å². The van der Waals surface area contributed by atoms with Gasteiger partial charge in [-0.1, -0.05) is 43.3 Å². The molecule has 0 spiro atoms. The molecule has 1 aliphatic heterocycles. The van der Waals surface area contributed by atoms with E-state index in [9.17, 15) is 18.6 Å². The number of benzene rings is 2. The number of ether oxygens (including phenoxy) is 1. The number of β-amino-alcohol motifs (C(OH)–C–C–N with tert-alkyl or cyclic N) is 1. The monoisotopic (exact) mass is 428 g/mol. The minimum atomic E-state index is -3.96. The highest BCUT2D eigenvalue weighted by molar-refractivity contribution is 7.90. The molecule has 8 heteroatoms. The molecule has 1 saturated heterocycles. The van der Waals surface area contributed by atoms with Crippen molar-refractivity contribution in [2.24, 2.45) is 4.40 Å². The molecule has 0 bridgehead atoms. The molecule has 2 N–H and O–H groups in total. The summed E-state index contributed by atoms with van der Waals surface area (Å²) in [5.41, 5.74) is 2.55. The number of hydrogen-bond donors (Lipinski definition) is 2. The summed E-state index contributed by atoms with van der Waals surface area (Å²) in [6.45, 7) is 2.92. The Morgan fingerprint density at radius 3 is 2.60 bits per heavy atom. The number of hydrogen-bond acceptors (Lipinski definition) is 6. The van der Waals surface area contributed by atoms with E-state index in [0.717, 1.165) is 12.0 Å². The van der Waals surface area contributed by atoms with Gasteiger partial charge in [0.05, 0.1) is 29.5 Å². The Morgan fingerprint density at radius 1 is 1.17 bits per heavy atom. The van der Waals surface area contributed by atoms with Crippen molar-refractivity contribution >= 4 is 15.7 Å². The van der Waals surface area contributed by atoms with Gasteiger partial charge in [-0.25, -0.2) is 0 Å². The zero-order valence-corrected chi connectivity index (χ0v) is 17.5. The largest absolute Gasteiger partial charge is 0.395 e. The number of morpholine rings is 1. The second kappa shape index (κ2) is 7.96. The number of sulfonamides is 1. The van der Waals surface area contributed by atoms with E-state index in [1.807, 2.05) is 6.92 Å². The van der Waals surface area contributed by atoms with Crippen molar-refractivity contribution in [3.05, 3.63) is 77.0 Å². The fourth-order valence-electron chi connectivity index (χ4n) is 3.83. The molecule has 2 aliphatic rings. The molecule has 1 fully saturated rings. The van der Waals surface area contributed by atoms with Crippen molar-refractivity contribution < 1.29 is 23.4 Å². The lowest BCUT2D eigenvalue weighted by molar-refractivity contribution is -0.219. The molecule has 1 atom stereocenters. The third kappa shape index (κ3) is 3.56. The smallest absolute Gasteiger partial charge is 0.282 e. The summed E-state index contributed by atoms with van der Waals surface area (Å²) in [5.74, 6) is -1.71. The van der Waals surface area contributed by atoms with Crippen molar-refractivity contribution in [2.45, 2.75) is 24.0 Å². The van der Waals surface area contributed by atoms with Crippen molar-refractivity contribution in [2.75, 3.05) is 26.3 Å². The highest BCUT2D eigenvalue weighted by Crippen LogP contribution is 2.41. The summed E-state index contributed by atoms with van der Waals surface area (Å²) in [7, 11) is -3.96. The molecular formula is C22H24N2O5S. The van der Waals surface area contributed by atoms with E-state index in [1.165, 1.54) is 6.08 Å². The van der Waals surface area contributed by atoms with Crippen LogP contribution in [0.5, 0.6) is 0 Å². The normalized spacial score (nSPS) is 22.4. The number of nitrogens with zero attached hydrogens (tertiary/aromatic N) is 2. The minimum Gasteiger partial charge on any atom is -0.395 e. The van der Waals surface area contributed by atoms with Gasteiger partial charge in [-0.2, -0.15) is 12.8 Å². The van der Waals surface area contributed by atoms with Crippen molar-refractivity contribution in [3.8, 4) is 0 Å². The van der Waals surface area contributed by atoms with Gasteiger partial charge in [0.25, 0.3) is 10.0 Å². The lowest BCUT2D eigenvalue weighted by Gasteiger charge is -2.45. The summed E-state index contributed by atoms with van der Waals surface area (Å²) in [4.78, 5) is 1.90. The molecule has 4 rings (SSSR count). The molecular weight excluding hydrogens is 404 g/mol. The summed E-state index contributed by atoms with van der Waals surface area (Å²) in [6, 6.07) is 13.6. The number of aliphatic hydroxyl groups excluding tert-OH is 1. The lowest BCUT2D eigenvalue weighted by atomic mass is 9.86. The standard InChI is InChI=1S/C22H24N2O5S/c1-2-16-7-9-17(10-8-16)30(27,28)23-20-15-21-22(26,19-6-4-3-5-18(19)20)29-14-12-24(21)11-13-25/h3-10,15,25-26H,2,11-14H2,1H3/t22-/m1/s1. The predicted octanol–water partition coefficient (Wildman–Crippen LogP) is 1.79. The van der Waals surface area contributed by atoms with Crippen molar-refractivity contribution in [1.29, 1.82) is 0 Å². The van der Waals surface area contributed by atoms with Gasteiger partial charge in [0.1, 0.15) is 0 Å². The van der Waals surface area contributed by atoms with Gasteiger partial charge in [0, 0.05) is 24.2 Å². The molecule has 0 amide bonds. The van der Waals surface area contributed by atoms with Crippen LogP contribution in [0.3, 0.4) is 0 Å². The lowest BCUT2D eigenvalue weighted by Crippen LogP contribution is -2.50. The fourth-order valence-corrected chi connectivity index (χ4v) is 4.83. The van der Waals surface area contributed by atoms with E-state index in [-0.39, 0.29) is 30.4 Å². The van der Waals surface area contributed by atoms with Crippen LogP contribution in [0.2, 0.25) is 0 Å². The first-order valence-electron chi connectivity index (χ1n) is 9.87. The van der Waals surface area contributed by atoms with Crippen molar-refractivity contribution in [3.63, 3.8) is 0 Å². The average molecular weight is 429 g/mol. The van der Waals surface area contributed by atoms with Crippen LogP contribution in [0.1, 0.15) is 23.6 Å². The summed E-state index contributed by atoms with van der Waals surface area (Å²) < 4.78 is 35.8. The SMILES string of the molecule is CCc1ccc(S(=O)(=O)N=C2C=C3N(CCO)CCO[C@]3(O)c3ccccc32)cc1. The molecule has 1 heterocycles. The topological polar surface area (TPSA) is 99.4 Å². The molecule has 0 radical (unpaired) electrons. The van der Waals surface area contributed by atoms with Crippen LogP contribution in [-0.2, 0) is 27.0 Å². The number of aryl methyl sites for hydroxylation is 1. The Balaban J connectivity index is 1.85. The highest BCUT2D eigenvalue weighted by Gasteiger charge is 2.46. The van der Waals surface area contributed by atoms with E-state index in [1.54, 1.807) is 53.4 Å². The quantitative estimate of drug-likeness (QED) is 0.753. The van der Waals surface area contributed by atoms with Gasteiger partial charge >= 0.3 is 0 Å². The molecule has 0 aromatic heterocycles. The van der Waals surface area contributed by atoms with Gasteiger partial charge in [-0.3, -0.25) is 0 Å². The van der Waals surface area contributed by atoms with Crippen LogP contribution in [0.4, 0.5) is 0 Å². The second-order valence-corrected chi connectivity index (χ2v) is 8.83. The van der Waals surface area contributed by atoms with Gasteiger partial charge < -0.3 is 19.8 Å². The maximum absolute atomic E-state index is 13.0. The van der Waals surface area contributed by atoms with Crippen LogP contribution in [0, 0.1) is 0 Å². The zero-order valence-electron chi connectivity index (χ0n) is 16.7. The summed E-state index contributed by atoms with van der Waals surface area (Å²) in [5, 5.41) is 20.7. The van der Waals surface area contributed by atoms with E-state index < -0.39 is 15.8 Å². The van der Waals surface area contributed by atoms with Crippen LogP contribution >= 0.6 is 0 Å². The Hall–Kier alpha value is -2.52. The molecule has 7 nitrogen and oxygen atoms in total. The minimum absolute atomic E-state index is 0.107. The van der Waals surface area contributed by atoms with Gasteiger partial charge in [-0.15, -0.1) is 0 Å². The average Bonchev–Trinajstić information content (AvgIpc) is 2.75. The molecule has 2 aromatic carbocycles. The van der Waals surface area contributed by atoms with Crippen molar-refractivity contribution in [1.82, 2.24) is 4.90 Å². The Morgan fingerprint density at radius 2 is 1.90 bits per heavy atom. The van der Waals surface area contributed by atoms with E-state index >= 15 is 0 Å². The maximum atomic E-state index is 13.0.